The zero-order valence-electron chi connectivity index (χ0n) is 18.4. The van der Waals surface area contributed by atoms with Crippen LogP contribution in [0.15, 0.2) is 42.3 Å². The molecule has 9 nitrogen and oxygen atoms in total. The van der Waals surface area contributed by atoms with Crippen LogP contribution in [-0.2, 0) is 0 Å². The fourth-order valence-corrected chi connectivity index (χ4v) is 4.42. The second-order valence-corrected chi connectivity index (χ2v) is 8.55. The fraction of sp³-hybridized carbons (Fsp3) is 0.455. The second-order valence-electron chi connectivity index (χ2n) is 8.55. The van der Waals surface area contributed by atoms with Crippen molar-refractivity contribution in [2.45, 2.75) is 56.6 Å². The summed E-state index contributed by atoms with van der Waals surface area (Å²) in [7, 11) is 0. The number of H-pyrrole nitrogens is 1. The molecule has 4 rings (SSSR count). The molecule has 0 unspecified atom stereocenters. The number of aromatic nitrogens is 4. The Kier molecular flexibility index (Phi) is 6.71. The van der Waals surface area contributed by atoms with E-state index in [0.717, 1.165) is 13.0 Å². The van der Waals surface area contributed by atoms with E-state index in [2.05, 4.69) is 32.1 Å². The van der Waals surface area contributed by atoms with E-state index in [0.29, 0.717) is 18.9 Å². The van der Waals surface area contributed by atoms with Crippen molar-refractivity contribution in [3.8, 4) is 0 Å². The number of amides is 1. The molecule has 0 radical (unpaired) electrons. The fourth-order valence-electron chi connectivity index (χ4n) is 4.42. The molecule has 4 N–H and O–H groups in total. The number of aromatic amines is 1. The summed E-state index contributed by atoms with van der Waals surface area (Å²) < 4.78 is 41.3. The second kappa shape index (κ2) is 9.55. The van der Waals surface area contributed by atoms with Gasteiger partial charge < -0.3 is 20.4 Å². The van der Waals surface area contributed by atoms with Crippen LogP contribution in [0.5, 0.6) is 0 Å². The third-order valence-corrected chi connectivity index (χ3v) is 6.06. The van der Waals surface area contributed by atoms with Crippen molar-refractivity contribution in [1.82, 2.24) is 25.1 Å². The first-order chi connectivity index (χ1) is 16.2. The average Bonchev–Trinajstić information content (AvgIpc) is 3.46. The maximum Gasteiger partial charge on any atom is 0.275 e. The highest BCUT2D eigenvalue weighted by atomic mass is 19.1. The van der Waals surface area contributed by atoms with E-state index in [-0.39, 0.29) is 41.1 Å². The summed E-state index contributed by atoms with van der Waals surface area (Å²) in [5.41, 5.74) is 0.276. The Morgan fingerprint density at radius 1 is 1.29 bits per heavy atom. The Morgan fingerprint density at radius 2 is 2.06 bits per heavy atom. The molecular weight excluding hydrogens is 453 g/mol. The quantitative estimate of drug-likeness (QED) is 0.470. The molecule has 1 aliphatic heterocycles. The molecule has 2 aromatic heterocycles. The van der Waals surface area contributed by atoms with Crippen LogP contribution < -0.4 is 5.32 Å². The first kappa shape index (κ1) is 23.9. The van der Waals surface area contributed by atoms with E-state index in [9.17, 15) is 28.2 Å². The number of hydrogen-bond donors (Lipinski definition) is 4. The maximum absolute atomic E-state index is 14.3. The molecule has 2 aliphatic rings. The van der Waals surface area contributed by atoms with Crippen molar-refractivity contribution in [2.75, 3.05) is 11.9 Å². The number of rotatable bonds is 6. The smallest absolute Gasteiger partial charge is 0.275 e. The largest absolute Gasteiger partial charge is 0.390 e. The summed E-state index contributed by atoms with van der Waals surface area (Å²) in [4.78, 5) is 22.9. The molecule has 182 valence electrons. The van der Waals surface area contributed by atoms with Crippen molar-refractivity contribution in [3.05, 3.63) is 48.0 Å². The number of allylic oxidation sites excluding steroid dienone is 3. The Hall–Kier alpha value is -3.25. The molecular formula is C22H25F3N6O3. The van der Waals surface area contributed by atoms with Crippen molar-refractivity contribution in [1.29, 1.82) is 0 Å². The molecule has 1 saturated carbocycles. The highest BCUT2D eigenvalue weighted by molar-refractivity contribution is 6.08. The molecule has 1 saturated heterocycles. The molecule has 12 heteroatoms. The molecule has 0 aromatic carbocycles. The average molecular weight is 478 g/mol. The predicted molar refractivity (Wildman–Crippen MR) is 118 cm³/mol. The van der Waals surface area contributed by atoms with Crippen molar-refractivity contribution in [2.24, 2.45) is 0 Å². The Balaban J connectivity index is 1.64. The topological polar surface area (TPSA) is 127 Å². The van der Waals surface area contributed by atoms with Crippen LogP contribution in [0.2, 0.25) is 0 Å². The van der Waals surface area contributed by atoms with Gasteiger partial charge in [0.25, 0.3) is 5.91 Å². The molecule has 1 amide bonds. The van der Waals surface area contributed by atoms with Crippen LogP contribution in [0.4, 0.5) is 19.0 Å². The number of halogens is 3. The van der Waals surface area contributed by atoms with E-state index in [1.165, 1.54) is 11.2 Å². The summed E-state index contributed by atoms with van der Waals surface area (Å²) in [6.45, 7) is 4.58. The van der Waals surface area contributed by atoms with Gasteiger partial charge in [-0.1, -0.05) is 6.58 Å². The van der Waals surface area contributed by atoms with Gasteiger partial charge in [0, 0.05) is 12.5 Å². The lowest BCUT2D eigenvalue weighted by molar-refractivity contribution is 0.0392. The minimum Gasteiger partial charge on any atom is -0.390 e. The number of carbonyl (C=O) groups is 1. The summed E-state index contributed by atoms with van der Waals surface area (Å²) >= 11 is 0. The van der Waals surface area contributed by atoms with Gasteiger partial charge in [-0.3, -0.25) is 9.89 Å². The van der Waals surface area contributed by atoms with E-state index in [4.69, 9.17) is 0 Å². The highest BCUT2D eigenvalue weighted by Crippen LogP contribution is 2.32. The number of anilines is 1. The number of aliphatic hydroxyl groups is 2. The molecule has 34 heavy (non-hydrogen) atoms. The normalized spacial score (nSPS) is 28.1. The Labute approximate surface area is 193 Å². The van der Waals surface area contributed by atoms with E-state index >= 15 is 0 Å². The molecule has 2 aromatic rings. The van der Waals surface area contributed by atoms with E-state index < -0.39 is 48.0 Å². The van der Waals surface area contributed by atoms with Gasteiger partial charge in [-0.2, -0.15) is 5.10 Å². The lowest BCUT2D eigenvalue weighted by Gasteiger charge is -2.24. The first-order valence-electron chi connectivity index (χ1n) is 10.8. The molecule has 3 heterocycles. The standard InChI is InChI=1S/C22H25F3N6O3/c1-10(5-12(24)6-11(2)23)15-7-13(25)8-31(15)22(34)18-17-20(26-9-27-21(17)30-29-18)28-14-3-4-16(32)19(14)33/h5-6,9,13-16,19,32-33H,1,3-4,7-8H2,2H3,(H2,26,27,28,29,30)/b11-6+,12-5+/t13-,14+,15+,16+,19-/m0/s1. The third-order valence-electron chi connectivity index (χ3n) is 6.06. The molecule has 0 spiro atoms. The third kappa shape index (κ3) is 4.68. The van der Waals surface area contributed by atoms with Crippen LogP contribution in [-0.4, -0.2) is 78.2 Å². The van der Waals surface area contributed by atoms with Crippen molar-refractivity contribution >= 4 is 22.8 Å². The molecule has 5 atom stereocenters. The predicted octanol–water partition coefficient (Wildman–Crippen LogP) is 2.48. The van der Waals surface area contributed by atoms with Crippen LogP contribution >= 0.6 is 0 Å². The lowest BCUT2D eigenvalue weighted by Crippen LogP contribution is -2.37. The zero-order chi connectivity index (χ0) is 24.6. The van der Waals surface area contributed by atoms with Gasteiger partial charge in [-0.05, 0) is 31.4 Å². The van der Waals surface area contributed by atoms with Gasteiger partial charge in [-0.15, -0.1) is 0 Å². The number of nitrogens with one attached hydrogen (secondary N) is 2. The summed E-state index contributed by atoms with van der Waals surface area (Å²) in [5.74, 6) is -2.07. The van der Waals surface area contributed by atoms with Gasteiger partial charge >= 0.3 is 0 Å². The zero-order valence-corrected chi connectivity index (χ0v) is 18.4. The molecule has 1 aliphatic carbocycles. The van der Waals surface area contributed by atoms with Crippen LogP contribution in [0.25, 0.3) is 11.0 Å². The maximum atomic E-state index is 14.3. The minimum atomic E-state index is -1.37. The van der Waals surface area contributed by atoms with Gasteiger partial charge in [-0.25, -0.2) is 23.1 Å². The highest BCUT2D eigenvalue weighted by Gasteiger charge is 2.39. The van der Waals surface area contributed by atoms with Crippen LogP contribution in [0.3, 0.4) is 0 Å². The minimum absolute atomic E-state index is 0.0815. The number of hydrogen-bond acceptors (Lipinski definition) is 7. The Bertz CT molecular complexity index is 1160. The van der Waals surface area contributed by atoms with E-state index in [1.54, 1.807) is 0 Å². The SMILES string of the molecule is C=C(/C=C(F)\C=C(/C)F)[C@H]1C[C@H](F)CN1C(=O)c1n[nH]c2ncnc(N[C@@H]3CC[C@@H](O)[C@H]3O)c12. The van der Waals surface area contributed by atoms with Crippen molar-refractivity contribution < 1.29 is 28.2 Å². The summed E-state index contributed by atoms with van der Waals surface area (Å²) in [6.07, 6.45) is 0.430. The van der Waals surface area contributed by atoms with Crippen LogP contribution in [0.1, 0.15) is 36.7 Å². The summed E-state index contributed by atoms with van der Waals surface area (Å²) in [5, 5.41) is 30.0. The number of aliphatic hydroxyl groups excluding tert-OH is 2. The summed E-state index contributed by atoms with van der Waals surface area (Å²) in [6, 6.07) is -1.36. The van der Waals surface area contributed by atoms with Gasteiger partial charge in [0.15, 0.2) is 11.3 Å². The van der Waals surface area contributed by atoms with Crippen molar-refractivity contribution in [3.63, 3.8) is 0 Å². The molecule has 2 fully saturated rings. The number of nitrogens with zero attached hydrogens (tertiary/aromatic N) is 4. The number of alkyl halides is 1. The number of likely N-dealkylation sites (tertiary alicyclic amines) is 1. The van der Waals surface area contributed by atoms with Gasteiger partial charge in [0.05, 0.1) is 42.0 Å². The number of carbonyl (C=O) groups excluding carboxylic acids is 1. The van der Waals surface area contributed by atoms with E-state index in [1.807, 2.05) is 0 Å². The van der Waals surface area contributed by atoms with Gasteiger partial charge in [0.1, 0.15) is 24.1 Å². The molecule has 0 bridgehead atoms. The monoisotopic (exact) mass is 478 g/mol. The van der Waals surface area contributed by atoms with Crippen LogP contribution in [0, 0.1) is 0 Å². The first-order valence-corrected chi connectivity index (χ1v) is 10.8. The Morgan fingerprint density at radius 3 is 2.74 bits per heavy atom. The lowest BCUT2D eigenvalue weighted by atomic mass is 10.0. The number of fused-ring (bicyclic) bond motifs is 1. The van der Waals surface area contributed by atoms with Gasteiger partial charge in [0.2, 0.25) is 0 Å².